The number of amides is 2. The van der Waals surface area contributed by atoms with Crippen molar-refractivity contribution in [2.24, 2.45) is 17.8 Å². The van der Waals surface area contributed by atoms with Crippen LogP contribution in [0.1, 0.15) is 41.8 Å². The molecule has 23 heavy (non-hydrogen) atoms. The maximum absolute atomic E-state index is 12.7. The van der Waals surface area contributed by atoms with Crippen LogP contribution in [0, 0.1) is 17.8 Å². The number of carbonyl (C=O) groups is 2. The lowest BCUT2D eigenvalue weighted by molar-refractivity contribution is -0.133. The summed E-state index contributed by atoms with van der Waals surface area (Å²) >= 11 is 4.74. The zero-order valence-electron chi connectivity index (χ0n) is 13.0. The van der Waals surface area contributed by atoms with Crippen molar-refractivity contribution in [1.29, 1.82) is 0 Å². The van der Waals surface area contributed by atoms with Gasteiger partial charge in [-0.1, -0.05) is 0 Å². The van der Waals surface area contributed by atoms with E-state index in [0.29, 0.717) is 16.8 Å². The van der Waals surface area contributed by atoms with Gasteiger partial charge in [-0.15, -0.1) is 11.3 Å². The van der Waals surface area contributed by atoms with Gasteiger partial charge in [-0.2, -0.15) is 0 Å². The summed E-state index contributed by atoms with van der Waals surface area (Å²) in [4.78, 5) is 27.5. The van der Waals surface area contributed by atoms with Crippen LogP contribution in [0.15, 0.2) is 15.9 Å². The average Bonchev–Trinajstić information content (AvgIpc) is 2.85. The molecule has 2 aliphatic carbocycles. The standard InChI is InChI=1S/C17H21BrN2O2S/c18-15-2-1-14(23-15)17(22)19-8-16(21)20-9-12-4-10-3-11(5-12)7-13(20)6-10/h1-2,10-13H,3-9H2,(H,19,22)/t10-,11+,12?,13?. The Labute approximate surface area is 148 Å². The van der Waals surface area contributed by atoms with E-state index in [1.165, 1.54) is 43.4 Å². The molecule has 5 rings (SSSR count). The normalized spacial score (nSPS) is 32.0. The van der Waals surface area contributed by atoms with Crippen LogP contribution < -0.4 is 5.32 Å². The van der Waals surface area contributed by atoms with Crippen molar-refractivity contribution >= 4 is 39.1 Å². The van der Waals surface area contributed by atoms with Gasteiger partial charge in [-0.25, -0.2) is 0 Å². The first-order valence-electron chi connectivity index (χ1n) is 8.41. The second-order valence-corrected chi connectivity index (χ2v) is 9.73. The lowest BCUT2D eigenvalue weighted by Crippen LogP contribution is -2.46. The highest BCUT2D eigenvalue weighted by molar-refractivity contribution is 9.11. The Hall–Kier alpha value is -0.880. The molecule has 4 aliphatic rings. The first-order valence-corrected chi connectivity index (χ1v) is 10.0. The van der Waals surface area contributed by atoms with Crippen LogP contribution in [0.3, 0.4) is 0 Å². The number of halogens is 1. The van der Waals surface area contributed by atoms with Crippen LogP contribution in [-0.2, 0) is 4.79 Å². The number of thiophene rings is 1. The molecule has 3 heterocycles. The molecule has 4 bridgehead atoms. The van der Waals surface area contributed by atoms with E-state index in [9.17, 15) is 9.59 Å². The summed E-state index contributed by atoms with van der Waals surface area (Å²) in [5.41, 5.74) is 0. The maximum Gasteiger partial charge on any atom is 0.261 e. The highest BCUT2D eigenvalue weighted by Crippen LogP contribution is 2.47. The summed E-state index contributed by atoms with van der Waals surface area (Å²) in [7, 11) is 0. The predicted octanol–water partition coefficient (Wildman–Crippen LogP) is 3.28. The van der Waals surface area contributed by atoms with Crippen LogP contribution in [0.4, 0.5) is 0 Å². The summed E-state index contributed by atoms with van der Waals surface area (Å²) < 4.78 is 0.925. The van der Waals surface area contributed by atoms with Gasteiger partial charge in [0, 0.05) is 12.6 Å². The van der Waals surface area contributed by atoms with Gasteiger partial charge in [0.25, 0.3) is 5.91 Å². The number of hydrogen-bond donors (Lipinski definition) is 1. The Morgan fingerprint density at radius 3 is 2.48 bits per heavy atom. The Morgan fingerprint density at radius 1 is 1.13 bits per heavy atom. The van der Waals surface area contributed by atoms with E-state index in [1.54, 1.807) is 6.07 Å². The zero-order valence-corrected chi connectivity index (χ0v) is 15.4. The predicted molar refractivity (Wildman–Crippen MR) is 93.4 cm³/mol. The fourth-order valence-electron chi connectivity index (χ4n) is 4.87. The topological polar surface area (TPSA) is 49.4 Å². The molecule has 1 N–H and O–H groups in total. The molecule has 0 radical (unpaired) electrons. The van der Waals surface area contributed by atoms with E-state index in [-0.39, 0.29) is 18.4 Å². The van der Waals surface area contributed by atoms with E-state index in [0.717, 1.165) is 22.2 Å². The van der Waals surface area contributed by atoms with Crippen molar-refractivity contribution < 1.29 is 9.59 Å². The third kappa shape index (κ3) is 3.20. The molecule has 2 saturated carbocycles. The first-order chi connectivity index (χ1) is 11.1. The number of hydrogen-bond acceptors (Lipinski definition) is 3. The third-order valence-corrected chi connectivity index (χ3v) is 7.25. The van der Waals surface area contributed by atoms with Crippen molar-refractivity contribution in [3.63, 3.8) is 0 Å². The molecule has 6 heteroatoms. The molecule has 1 aromatic heterocycles. The number of nitrogens with zero attached hydrogens (tertiary/aromatic N) is 1. The minimum Gasteiger partial charge on any atom is -0.342 e. The summed E-state index contributed by atoms with van der Waals surface area (Å²) in [5, 5.41) is 2.79. The molecule has 2 amide bonds. The number of nitrogens with one attached hydrogen (secondary N) is 1. The molecule has 4 nitrogen and oxygen atoms in total. The van der Waals surface area contributed by atoms with E-state index < -0.39 is 0 Å². The summed E-state index contributed by atoms with van der Waals surface area (Å²) in [6.07, 6.45) is 6.31. The van der Waals surface area contributed by atoms with Crippen LogP contribution in [0.2, 0.25) is 0 Å². The fraction of sp³-hybridized carbons (Fsp3) is 0.647. The maximum atomic E-state index is 12.7. The molecule has 124 valence electrons. The van der Waals surface area contributed by atoms with Crippen LogP contribution in [-0.4, -0.2) is 35.8 Å². The van der Waals surface area contributed by atoms with Crippen molar-refractivity contribution in [2.45, 2.75) is 38.1 Å². The number of fused-ring (bicyclic) bond motifs is 1. The van der Waals surface area contributed by atoms with Gasteiger partial charge in [0.15, 0.2) is 0 Å². The SMILES string of the molecule is O=C(NCC(=O)N1CC2C[C@@H]3CC1C[C@H](C2)C3)c1ccc(Br)s1. The number of rotatable bonds is 3. The van der Waals surface area contributed by atoms with Gasteiger partial charge in [0.05, 0.1) is 15.2 Å². The smallest absolute Gasteiger partial charge is 0.261 e. The van der Waals surface area contributed by atoms with Crippen molar-refractivity contribution in [2.75, 3.05) is 13.1 Å². The van der Waals surface area contributed by atoms with Crippen LogP contribution in [0.25, 0.3) is 0 Å². The second kappa shape index (κ2) is 6.20. The van der Waals surface area contributed by atoms with Gasteiger partial charge >= 0.3 is 0 Å². The zero-order chi connectivity index (χ0) is 16.0. The highest BCUT2D eigenvalue weighted by Gasteiger charge is 2.43. The lowest BCUT2D eigenvalue weighted by Gasteiger charge is -2.39. The molecule has 2 aliphatic heterocycles. The van der Waals surface area contributed by atoms with Crippen molar-refractivity contribution in [3.8, 4) is 0 Å². The summed E-state index contributed by atoms with van der Waals surface area (Å²) in [6, 6.07) is 4.04. The van der Waals surface area contributed by atoms with Gasteiger partial charge in [-0.3, -0.25) is 9.59 Å². The van der Waals surface area contributed by atoms with Crippen LogP contribution >= 0.6 is 27.3 Å². The molecule has 2 saturated heterocycles. The quantitative estimate of drug-likeness (QED) is 0.851. The molecule has 0 aromatic carbocycles. The second-order valence-electron chi connectivity index (χ2n) is 7.26. The molecular weight excluding hydrogens is 376 g/mol. The van der Waals surface area contributed by atoms with Gasteiger partial charge in [0.1, 0.15) is 0 Å². The van der Waals surface area contributed by atoms with Gasteiger partial charge in [0.2, 0.25) is 5.91 Å². The molecule has 2 unspecified atom stereocenters. The van der Waals surface area contributed by atoms with E-state index >= 15 is 0 Å². The summed E-state index contributed by atoms with van der Waals surface area (Å²) in [6.45, 7) is 1.02. The largest absolute Gasteiger partial charge is 0.342 e. The highest BCUT2D eigenvalue weighted by atomic mass is 79.9. The van der Waals surface area contributed by atoms with Crippen molar-refractivity contribution in [1.82, 2.24) is 10.2 Å². The molecule has 4 atom stereocenters. The fourth-order valence-corrected chi connectivity index (χ4v) is 6.17. The Bertz CT molecular complexity index is 618. The van der Waals surface area contributed by atoms with E-state index in [4.69, 9.17) is 0 Å². The molecular formula is C17H21BrN2O2S. The third-order valence-electron chi connectivity index (χ3n) is 5.62. The summed E-state index contributed by atoms with van der Waals surface area (Å²) in [5.74, 6) is 2.27. The lowest BCUT2D eigenvalue weighted by atomic mass is 9.68. The molecule has 4 fully saturated rings. The minimum atomic E-state index is -0.158. The monoisotopic (exact) mass is 396 g/mol. The number of carbonyl (C=O) groups excluding carboxylic acids is 2. The Kier molecular flexibility index (Phi) is 4.22. The van der Waals surface area contributed by atoms with Crippen LogP contribution in [0.5, 0.6) is 0 Å². The van der Waals surface area contributed by atoms with E-state index in [2.05, 4.69) is 26.1 Å². The first kappa shape index (κ1) is 15.6. The Balaban J connectivity index is 1.38. The van der Waals surface area contributed by atoms with E-state index in [1.807, 2.05) is 6.07 Å². The molecule has 1 aromatic rings. The molecule has 0 spiro atoms. The van der Waals surface area contributed by atoms with Gasteiger partial charge in [-0.05, 0) is 77.9 Å². The Morgan fingerprint density at radius 2 is 1.83 bits per heavy atom. The average molecular weight is 397 g/mol. The van der Waals surface area contributed by atoms with Crippen molar-refractivity contribution in [3.05, 3.63) is 20.8 Å². The van der Waals surface area contributed by atoms with Gasteiger partial charge < -0.3 is 10.2 Å². The minimum absolute atomic E-state index is 0.0900.